The molecule has 3 aliphatic carbocycles. The number of piperidine rings is 1. The highest BCUT2D eigenvalue weighted by atomic mass is 19.4. The molecule has 2 atom stereocenters. The number of fused-ring (bicyclic) bond motifs is 2. The van der Waals surface area contributed by atoms with Crippen molar-refractivity contribution >= 4 is 28.6 Å². The fraction of sp³-hybridized carbons (Fsp3) is 0.382. The van der Waals surface area contributed by atoms with Crippen LogP contribution in [0.15, 0.2) is 59.1 Å². The molecule has 45 heavy (non-hydrogen) atoms. The van der Waals surface area contributed by atoms with Gasteiger partial charge in [0.05, 0.1) is 11.1 Å². The summed E-state index contributed by atoms with van der Waals surface area (Å²) in [4.78, 5) is 18.2. The summed E-state index contributed by atoms with van der Waals surface area (Å²) in [6.07, 6.45) is 0.739. The van der Waals surface area contributed by atoms with Gasteiger partial charge in [0.25, 0.3) is 0 Å². The van der Waals surface area contributed by atoms with Crippen molar-refractivity contribution in [2.45, 2.75) is 50.1 Å². The van der Waals surface area contributed by atoms with Gasteiger partial charge in [-0.25, -0.2) is 14.2 Å². The number of hydrogen-bond acceptors (Lipinski definition) is 6. The van der Waals surface area contributed by atoms with Gasteiger partial charge in [0, 0.05) is 60.1 Å². The summed E-state index contributed by atoms with van der Waals surface area (Å²) < 4.78 is 66.5. The average molecular weight is 620 g/mol. The molecule has 232 valence electrons. The zero-order valence-electron chi connectivity index (χ0n) is 24.0. The first-order valence-corrected chi connectivity index (χ1v) is 15.2. The number of pyridine rings is 1. The summed E-state index contributed by atoms with van der Waals surface area (Å²) in [5.74, 6) is 1.16. The van der Waals surface area contributed by atoms with Crippen molar-refractivity contribution in [1.82, 2.24) is 10.1 Å². The van der Waals surface area contributed by atoms with Crippen LogP contribution in [0.4, 0.5) is 23.2 Å². The molecule has 3 saturated carbocycles. The van der Waals surface area contributed by atoms with Gasteiger partial charge in [-0.3, -0.25) is 0 Å². The molecule has 0 bridgehead atoms. The van der Waals surface area contributed by atoms with Gasteiger partial charge in [-0.1, -0.05) is 35.5 Å². The number of alkyl halides is 4. The molecule has 2 aromatic carbocycles. The number of carboxylic acid groups (broad SMARTS) is 1. The van der Waals surface area contributed by atoms with E-state index in [9.17, 15) is 27.5 Å². The van der Waals surface area contributed by atoms with Crippen molar-refractivity contribution in [2.75, 3.05) is 18.0 Å². The summed E-state index contributed by atoms with van der Waals surface area (Å²) >= 11 is 0. The van der Waals surface area contributed by atoms with Crippen molar-refractivity contribution in [1.29, 1.82) is 0 Å². The van der Waals surface area contributed by atoms with E-state index in [1.54, 1.807) is 12.1 Å². The van der Waals surface area contributed by atoms with E-state index in [0.29, 0.717) is 45.7 Å². The third kappa shape index (κ3) is 5.11. The van der Waals surface area contributed by atoms with Crippen molar-refractivity contribution in [3.05, 3.63) is 77.2 Å². The topological polar surface area (TPSA) is 88.7 Å². The Balaban J connectivity index is 1.02. The second kappa shape index (κ2) is 10.3. The van der Waals surface area contributed by atoms with E-state index in [0.717, 1.165) is 37.7 Å². The Bertz CT molecular complexity index is 1830. The molecule has 4 fully saturated rings. The number of allylic oxidation sites excluding steroid dienone is 1. The summed E-state index contributed by atoms with van der Waals surface area (Å²) in [6, 6.07) is 12.5. The van der Waals surface area contributed by atoms with Crippen molar-refractivity contribution in [3.63, 3.8) is 0 Å². The van der Waals surface area contributed by atoms with Crippen molar-refractivity contribution in [2.24, 2.45) is 17.8 Å². The number of rotatable bonds is 8. The maximum atomic E-state index is 13.8. The third-order valence-corrected chi connectivity index (χ3v) is 9.61. The Morgan fingerprint density at radius 1 is 1.07 bits per heavy atom. The van der Waals surface area contributed by atoms with Gasteiger partial charge < -0.3 is 19.3 Å². The van der Waals surface area contributed by atoms with Crippen LogP contribution in [0, 0.1) is 17.8 Å². The van der Waals surface area contributed by atoms with Crippen LogP contribution in [-0.2, 0) is 6.18 Å². The molecule has 0 radical (unpaired) electrons. The van der Waals surface area contributed by atoms with Gasteiger partial charge in [-0.2, -0.15) is 13.2 Å². The highest BCUT2D eigenvalue weighted by Gasteiger charge is 2.54. The molecule has 0 amide bonds. The second-order valence-electron chi connectivity index (χ2n) is 12.6. The Kier molecular flexibility index (Phi) is 6.44. The molecular weight excluding hydrogens is 590 g/mol. The fourth-order valence-corrected chi connectivity index (χ4v) is 6.88. The van der Waals surface area contributed by atoms with Gasteiger partial charge in [-0.15, -0.1) is 0 Å². The SMILES string of the molecule is O=C(O)c1cc(OC2CC(F)C2)c2cc(N3C[C@@H]4C(/C=C/c5c(-c6ccccc6C(F)(F)F)noc5C5CC5)[C@H]4C3)ccc2n1. The maximum Gasteiger partial charge on any atom is 0.417 e. The van der Waals surface area contributed by atoms with Crippen LogP contribution >= 0.6 is 0 Å². The highest BCUT2D eigenvalue weighted by Crippen LogP contribution is 2.54. The highest BCUT2D eigenvalue weighted by molar-refractivity contribution is 5.94. The molecule has 3 heterocycles. The van der Waals surface area contributed by atoms with Crippen molar-refractivity contribution in [3.8, 4) is 17.0 Å². The maximum absolute atomic E-state index is 13.8. The first-order valence-electron chi connectivity index (χ1n) is 15.2. The molecule has 0 unspecified atom stereocenters. The molecule has 1 aliphatic heterocycles. The fourth-order valence-electron chi connectivity index (χ4n) is 6.88. The minimum atomic E-state index is -4.51. The van der Waals surface area contributed by atoms with E-state index in [1.807, 2.05) is 18.2 Å². The number of nitrogens with zero attached hydrogens (tertiary/aromatic N) is 3. The zero-order valence-corrected chi connectivity index (χ0v) is 24.0. The lowest BCUT2D eigenvalue weighted by Gasteiger charge is -2.30. The molecule has 1 saturated heterocycles. The van der Waals surface area contributed by atoms with Gasteiger partial charge >= 0.3 is 12.1 Å². The van der Waals surface area contributed by atoms with Crippen LogP contribution in [-0.4, -0.2) is 46.6 Å². The number of aromatic nitrogens is 2. The minimum Gasteiger partial charge on any atom is -0.489 e. The smallest absolute Gasteiger partial charge is 0.417 e. The monoisotopic (exact) mass is 619 g/mol. The molecule has 2 aromatic heterocycles. The number of benzene rings is 2. The minimum absolute atomic E-state index is 0.0221. The standard InChI is InChI=1S/C34H29F4N3O4/c35-18-11-20(12-18)44-30-14-29(33(42)43)39-28-10-7-19(13-24(28)30)41-15-25-21(26(25)16-41)8-9-23-31(40-45-32(23)17-5-6-17)22-3-1-2-4-27(22)34(36,37)38/h1-4,7-10,13-14,17-18,20-21,25-26H,5-6,11-12,15-16H2,(H,42,43)/b9-8+/t18?,20?,25-,26-/m1/s1. The Labute approximate surface area is 255 Å². The molecular formula is C34H29F4N3O4. The van der Waals surface area contributed by atoms with Gasteiger partial charge in [0.1, 0.15) is 29.5 Å². The molecule has 0 spiro atoms. The van der Waals surface area contributed by atoms with E-state index in [-0.39, 0.29) is 41.8 Å². The molecule has 11 heteroatoms. The Hall–Kier alpha value is -4.41. The molecule has 4 aromatic rings. The lowest BCUT2D eigenvalue weighted by molar-refractivity contribution is -0.137. The molecule has 4 aliphatic rings. The first-order chi connectivity index (χ1) is 21.6. The summed E-state index contributed by atoms with van der Waals surface area (Å²) in [7, 11) is 0. The van der Waals surface area contributed by atoms with Crippen molar-refractivity contribution < 1.29 is 36.7 Å². The number of hydrogen-bond donors (Lipinski definition) is 1. The molecule has 1 N–H and O–H groups in total. The lowest BCUT2D eigenvalue weighted by Crippen LogP contribution is -2.35. The van der Waals surface area contributed by atoms with Crippen LogP contribution in [0.5, 0.6) is 5.75 Å². The van der Waals surface area contributed by atoms with E-state index >= 15 is 0 Å². The van der Waals surface area contributed by atoms with E-state index in [1.165, 1.54) is 18.2 Å². The van der Waals surface area contributed by atoms with E-state index in [4.69, 9.17) is 9.26 Å². The third-order valence-electron chi connectivity index (χ3n) is 9.61. The number of ether oxygens (including phenoxy) is 1. The zero-order chi connectivity index (χ0) is 31.0. The summed E-state index contributed by atoms with van der Waals surface area (Å²) in [6.45, 7) is 1.61. The summed E-state index contributed by atoms with van der Waals surface area (Å²) in [5, 5.41) is 14.3. The lowest BCUT2D eigenvalue weighted by atomic mass is 9.93. The number of halogens is 4. The van der Waals surface area contributed by atoms with Gasteiger partial charge in [0.15, 0.2) is 5.69 Å². The van der Waals surface area contributed by atoms with Crippen LogP contribution in [0.1, 0.15) is 59.0 Å². The number of carboxylic acids is 1. The van der Waals surface area contributed by atoms with E-state index in [2.05, 4.69) is 21.1 Å². The predicted molar refractivity (Wildman–Crippen MR) is 158 cm³/mol. The Morgan fingerprint density at radius 3 is 2.51 bits per heavy atom. The van der Waals surface area contributed by atoms with Crippen LogP contribution in [0.25, 0.3) is 28.2 Å². The average Bonchev–Trinajstić information content (AvgIpc) is 3.86. The normalized spacial score (nSPS) is 25.9. The number of aromatic carboxylic acids is 1. The van der Waals surface area contributed by atoms with Crippen LogP contribution in [0.2, 0.25) is 0 Å². The summed E-state index contributed by atoms with van der Waals surface area (Å²) in [5.41, 5.74) is 1.49. The van der Waals surface area contributed by atoms with Crippen LogP contribution < -0.4 is 9.64 Å². The number of anilines is 1. The van der Waals surface area contributed by atoms with Gasteiger partial charge in [-0.05, 0) is 54.9 Å². The first kappa shape index (κ1) is 28.1. The molecule has 8 rings (SSSR count). The van der Waals surface area contributed by atoms with Gasteiger partial charge in [0.2, 0.25) is 0 Å². The Morgan fingerprint density at radius 2 is 1.82 bits per heavy atom. The molecule has 7 nitrogen and oxygen atoms in total. The van der Waals surface area contributed by atoms with Crippen LogP contribution in [0.3, 0.4) is 0 Å². The second-order valence-corrected chi connectivity index (χ2v) is 12.6. The largest absolute Gasteiger partial charge is 0.489 e. The predicted octanol–water partition coefficient (Wildman–Crippen LogP) is 7.76. The quantitative estimate of drug-likeness (QED) is 0.202. The van der Waals surface area contributed by atoms with E-state index < -0.39 is 23.9 Å². The number of carbonyl (C=O) groups is 1.